The van der Waals surface area contributed by atoms with Gasteiger partial charge >= 0.3 is 0 Å². The molecule has 0 aliphatic carbocycles. The summed E-state index contributed by atoms with van der Waals surface area (Å²) in [5.41, 5.74) is 1.84. The van der Waals surface area contributed by atoms with Crippen LogP contribution < -0.4 is 0 Å². The van der Waals surface area contributed by atoms with Gasteiger partial charge in [0.1, 0.15) is 11.0 Å². The Bertz CT molecular complexity index is 527. The Labute approximate surface area is 91.3 Å². The van der Waals surface area contributed by atoms with E-state index in [9.17, 15) is 4.39 Å². The highest BCUT2D eigenvalue weighted by Gasteiger charge is 2.09. The van der Waals surface area contributed by atoms with Crippen molar-refractivity contribution >= 4 is 22.5 Å². The molecule has 15 heavy (non-hydrogen) atoms. The molecule has 78 valence electrons. The zero-order chi connectivity index (χ0) is 11.0. The van der Waals surface area contributed by atoms with Gasteiger partial charge in [-0.2, -0.15) is 0 Å². The molecule has 0 unspecified atom stereocenters. The van der Waals surface area contributed by atoms with E-state index in [-0.39, 0.29) is 17.6 Å². The van der Waals surface area contributed by atoms with Crippen LogP contribution in [-0.2, 0) is 6.61 Å². The van der Waals surface area contributed by atoms with Crippen LogP contribution >= 0.6 is 11.6 Å². The van der Waals surface area contributed by atoms with Crippen LogP contribution in [0.5, 0.6) is 0 Å². The van der Waals surface area contributed by atoms with E-state index in [0.717, 1.165) is 5.56 Å². The highest BCUT2D eigenvalue weighted by Crippen LogP contribution is 2.25. The Morgan fingerprint density at radius 2 is 2.20 bits per heavy atom. The number of hydrogen-bond acceptors (Lipinski definition) is 2. The van der Waals surface area contributed by atoms with E-state index in [4.69, 9.17) is 16.7 Å². The third kappa shape index (κ3) is 1.68. The Hall–Kier alpha value is -1.19. The second kappa shape index (κ2) is 3.76. The van der Waals surface area contributed by atoms with Crippen molar-refractivity contribution in [3.63, 3.8) is 0 Å². The fourth-order valence-electron chi connectivity index (χ4n) is 1.49. The molecule has 0 radical (unpaired) electrons. The average Bonchev–Trinajstić information content (AvgIpc) is 2.23. The minimum absolute atomic E-state index is 0.221. The number of aliphatic hydroxyl groups excluding tert-OH is 1. The molecule has 1 heterocycles. The molecule has 0 fully saturated rings. The van der Waals surface area contributed by atoms with Crippen molar-refractivity contribution in [2.24, 2.45) is 0 Å². The van der Waals surface area contributed by atoms with E-state index in [0.29, 0.717) is 16.5 Å². The summed E-state index contributed by atoms with van der Waals surface area (Å²) in [5, 5.41) is 9.60. The molecule has 0 aliphatic rings. The van der Waals surface area contributed by atoms with Gasteiger partial charge in [-0.3, -0.25) is 0 Å². The number of aliphatic hydroxyl groups is 1. The lowest BCUT2D eigenvalue weighted by Gasteiger charge is -2.06. The Morgan fingerprint density at radius 1 is 1.47 bits per heavy atom. The third-order valence-corrected chi connectivity index (χ3v) is 2.66. The van der Waals surface area contributed by atoms with Crippen LogP contribution in [0.15, 0.2) is 18.2 Å². The minimum Gasteiger partial charge on any atom is -0.392 e. The summed E-state index contributed by atoms with van der Waals surface area (Å²) in [7, 11) is 0. The minimum atomic E-state index is -0.352. The first-order valence-electron chi connectivity index (χ1n) is 4.48. The summed E-state index contributed by atoms with van der Waals surface area (Å²) in [6, 6.07) is 4.57. The van der Waals surface area contributed by atoms with Crippen LogP contribution in [0.3, 0.4) is 0 Å². The number of pyridine rings is 1. The summed E-state index contributed by atoms with van der Waals surface area (Å²) < 4.78 is 13.4. The van der Waals surface area contributed by atoms with Crippen molar-refractivity contribution in [1.29, 1.82) is 0 Å². The van der Waals surface area contributed by atoms with Gasteiger partial charge in [0.15, 0.2) is 0 Å². The quantitative estimate of drug-likeness (QED) is 0.757. The van der Waals surface area contributed by atoms with Crippen LogP contribution in [-0.4, -0.2) is 10.1 Å². The first-order chi connectivity index (χ1) is 7.13. The van der Waals surface area contributed by atoms with Crippen LogP contribution in [0.4, 0.5) is 4.39 Å². The molecule has 4 heteroatoms. The van der Waals surface area contributed by atoms with Gasteiger partial charge in [0.05, 0.1) is 12.1 Å². The Kier molecular flexibility index (Phi) is 2.59. The predicted molar refractivity (Wildman–Crippen MR) is 57.4 cm³/mol. The molecular weight excluding hydrogens is 217 g/mol. The lowest BCUT2D eigenvalue weighted by molar-refractivity contribution is 0.281. The summed E-state index contributed by atoms with van der Waals surface area (Å²) >= 11 is 5.83. The zero-order valence-corrected chi connectivity index (χ0v) is 8.85. The van der Waals surface area contributed by atoms with Crippen molar-refractivity contribution in [2.45, 2.75) is 13.5 Å². The van der Waals surface area contributed by atoms with Gasteiger partial charge in [0.25, 0.3) is 0 Å². The van der Waals surface area contributed by atoms with Crippen molar-refractivity contribution in [3.8, 4) is 0 Å². The maximum Gasteiger partial charge on any atom is 0.135 e. The summed E-state index contributed by atoms with van der Waals surface area (Å²) in [6.07, 6.45) is 0. The summed E-state index contributed by atoms with van der Waals surface area (Å²) in [6.45, 7) is 1.60. The molecule has 1 aromatic carbocycles. The second-order valence-electron chi connectivity index (χ2n) is 3.36. The molecule has 2 nitrogen and oxygen atoms in total. The van der Waals surface area contributed by atoms with Crippen molar-refractivity contribution in [3.05, 3.63) is 40.3 Å². The number of aryl methyl sites for hydroxylation is 1. The summed E-state index contributed by atoms with van der Waals surface area (Å²) in [4.78, 5) is 4.07. The number of rotatable bonds is 1. The molecule has 2 rings (SSSR count). The largest absolute Gasteiger partial charge is 0.392 e. The van der Waals surface area contributed by atoms with E-state index in [1.54, 1.807) is 6.07 Å². The number of fused-ring (bicyclic) bond motifs is 1. The third-order valence-electron chi connectivity index (χ3n) is 2.33. The summed E-state index contributed by atoms with van der Waals surface area (Å²) in [5.74, 6) is -0.352. The molecule has 1 N–H and O–H groups in total. The van der Waals surface area contributed by atoms with Crippen LogP contribution in [0.25, 0.3) is 10.9 Å². The van der Waals surface area contributed by atoms with E-state index in [2.05, 4.69) is 4.98 Å². The molecule has 0 aliphatic heterocycles. The van der Waals surface area contributed by atoms with Gasteiger partial charge in [0, 0.05) is 10.9 Å². The van der Waals surface area contributed by atoms with Crippen molar-refractivity contribution in [1.82, 2.24) is 4.98 Å². The fraction of sp³-hybridized carbons (Fsp3) is 0.182. The number of aromatic nitrogens is 1. The number of nitrogens with zero attached hydrogens (tertiary/aromatic N) is 1. The molecule has 0 amide bonds. The highest BCUT2D eigenvalue weighted by atomic mass is 35.5. The molecule has 0 atom stereocenters. The lowest BCUT2D eigenvalue weighted by atomic mass is 10.1. The van der Waals surface area contributed by atoms with E-state index < -0.39 is 0 Å². The number of hydrogen-bond donors (Lipinski definition) is 1. The second-order valence-corrected chi connectivity index (χ2v) is 3.71. The Morgan fingerprint density at radius 3 is 2.87 bits per heavy atom. The average molecular weight is 226 g/mol. The van der Waals surface area contributed by atoms with E-state index in [1.165, 1.54) is 12.1 Å². The molecule has 0 saturated heterocycles. The first-order valence-corrected chi connectivity index (χ1v) is 4.86. The Balaban J connectivity index is 2.86. The monoisotopic (exact) mass is 225 g/mol. The van der Waals surface area contributed by atoms with E-state index >= 15 is 0 Å². The fourth-order valence-corrected chi connectivity index (χ4v) is 1.69. The molecule has 0 saturated carbocycles. The number of halogens is 2. The van der Waals surface area contributed by atoms with Crippen LogP contribution in [0.2, 0.25) is 5.15 Å². The predicted octanol–water partition coefficient (Wildman–Crippen LogP) is 2.83. The topological polar surface area (TPSA) is 33.1 Å². The van der Waals surface area contributed by atoms with Crippen LogP contribution in [0, 0.1) is 12.7 Å². The van der Waals surface area contributed by atoms with Gasteiger partial charge in [-0.25, -0.2) is 9.37 Å². The van der Waals surface area contributed by atoms with Gasteiger partial charge in [0.2, 0.25) is 0 Å². The molecular formula is C11H9ClFNO. The smallest absolute Gasteiger partial charge is 0.135 e. The first kappa shape index (κ1) is 10.3. The molecule has 2 aromatic rings. The van der Waals surface area contributed by atoms with Gasteiger partial charge in [-0.05, 0) is 24.6 Å². The maximum absolute atomic E-state index is 13.4. The van der Waals surface area contributed by atoms with Gasteiger partial charge in [-0.1, -0.05) is 17.7 Å². The standard InChI is InChI=1S/C11H9ClFNO/c1-6-2-3-9(13)8-4-7(5-15)11(12)14-10(6)8/h2-4,15H,5H2,1H3. The number of benzene rings is 1. The lowest BCUT2D eigenvalue weighted by Crippen LogP contribution is -1.93. The van der Waals surface area contributed by atoms with E-state index in [1.807, 2.05) is 6.92 Å². The zero-order valence-electron chi connectivity index (χ0n) is 8.09. The molecule has 0 bridgehead atoms. The van der Waals surface area contributed by atoms with Gasteiger partial charge in [-0.15, -0.1) is 0 Å². The molecule has 1 aromatic heterocycles. The van der Waals surface area contributed by atoms with Crippen LogP contribution in [0.1, 0.15) is 11.1 Å². The SMILES string of the molecule is Cc1ccc(F)c2cc(CO)c(Cl)nc12. The normalized spacial score (nSPS) is 10.9. The van der Waals surface area contributed by atoms with Gasteiger partial charge < -0.3 is 5.11 Å². The van der Waals surface area contributed by atoms with Crippen molar-refractivity contribution < 1.29 is 9.50 Å². The molecule has 0 spiro atoms. The maximum atomic E-state index is 13.4. The van der Waals surface area contributed by atoms with Crippen molar-refractivity contribution in [2.75, 3.05) is 0 Å². The highest BCUT2D eigenvalue weighted by molar-refractivity contribution is 6.30.